The summed E-state index contributed by atoms with van der Waals surface area (Å²) >= 11 is 0. The number of rotatable bonds is 2. The summed E-state index contributed by atoms with van der Waals surface area (Å²) in [5, 5.41) is 11.9. The van der Waals surface area contributed by atoms with Crippen LogP contribution < -0.4 is 5.32 Å². The minimum atomic E-state index is -1.42. The summed E-state index contributed by atoms with van der Waals surface area (Å²) in [5.41, 5.74) is 0.935. The summed E-state index contributed by atoms with van der Waals surface area (Å²) in [4.78, 5) is 25.4. The smallest absolute Gasteiger partial charge is 0.274 e. The molecule has 0 atom stereocenters. The number of hydrogen-bond donors (Lipinski definition) is 1. The molecular weight excluding hydrogens is 330 g/mol. The van der Waals surface area contributed by atoms with E-state index >= 15 is 0 Å². The maximum absolute atomic E-state index is 13.8. The molecule has 0 radical (unpaired) electrons. The highest BCUT2D eigenvalue weighted by Crippen LogP contribution is 2.33. The minimum absolute atomic E-state index is 0.0737. The number of carbonyl (C=O) groups is 2. The molecule has 4 rings (SSSR count). The van der Waals surface area contributed by atoms with E-state index in [1.165, 1.54) is 18.2 Å². The van der Waals surface area contributed by atoms with Crippen LogP contribution >= 0.6 is 0 Å². The zero-order valence-electron chi connectivity index (χ0n) is 12.5. The van der Waals surface area contributed by atoms with E-state index in [1.807, 2.05) is 0 Å². The third kappa shape index (κ3) is 2.26. The third-order valence-corrected chi connectivity index (χ3v) is 3.87. The van der Waals surface area contributed by atoms with Gasteiger partial charge in [0.15, 0.2) is 17.4 Å². The van der Waals surface area contributed by atoms with Gasteiger partial charge in [-0.1, -0.05) is 41.5 Å². The van der Waals surface area contributed by atoms with Crippen molar-refractivity contribution < 1.29 is 18.4 Å². The summed E-state index contributed by atoms with van der Waals surface area (Å²) in [7, 11) is 0. The fraction of sp³-hybridized carbons (Fsp3) is 0. The molecule has 1 aliphatic rings. The normalized spacial score (nSPS) is 12.6. The van der Waals surface area contributed by atoms with Gasteiger partial charge in [0.2, 0.25) is 5.82 Å². The largest absolute Gasteiger partial charge is 0.335 e. The van der Waals surface area contributed by atoms with E-state index in [4.69, 9.17) is 0 Å². The van der Waals surface area contributed by atoms with E-state index in [9.17, 15) is 18.4 Å². The molecule has 0 saturated carbocycles. The van der Waals surface area contributed by atoms with Crippen molar-refractivity contribution in [3.8, 4) is 0 Å². The Balaban J connectivity index is 1.87. The fourth-order valence-corrected chi connectivity index (χ4v) is 2.75. The quantitative estimate of drug-likeness (QED) is 0.605. The zero-order chi connectivity index (χ0) is 17.6. The Hall–Kier alpha value is -3.55. The number of benzene rings is 2. The van der Waals surface area contributed by atoms with Gasteiger partial charge in [-0.05, 0) is 11.3 Å². The highest BCUT2D eigenvalue weighted by molar-refractivity contribution is 6.30. The Morgan fingerprint density at radius 3 is 2.24 bits per heavy atom. The van der Waals surface area contributed by atoms with E-state index in [0.29, 0.717) is 5.56 Å². The zero-order valence-corrected chi connectivity index (χ0v) is 12.5. The number of aromatic nitrogens is 3. The van der Waals surface area contributed by atoms with Crippen molar-refractivity contribution in [3.05, 3.63) is 76.5 Å². The molecule has 6 nitrogen and oxygen atoms in total. The van der Waals surface area contributed by atoms with Crippen LogP contribution in [0.5, 0.6) is 0 Å². The fourth-order valence-electron chi connectivity index (χ4n) is 2.75. The molecule has 25 heavy (non-hydrogen) atoms. The maximum Gasteiger partial charge on any atom is 0.274 e. The highest BCUT2D eigenvalue weighted by atomic mass is 19.2. The second-order valence-corrected chi connectivity index (χ2v) is 5.30. The minimum Gasteiger partial charge on any atom is -0.335 e. The second-order valence-electron chi connectivity index (χ2n) is 5.30. The molecule has 8 heteroatoms. The van der Waals surface area contributed by atoms with Gasteiger partial charge in [-0.2, -0.15) is 8.78 Å². The van der Waals surface area contributed by atoms with Gasteiger partial charge in [0.25, 0.3) is 5.95 Å². The number of carbonyl (C=O) groups excluding carboxylic acids is 2. The summed E-state index contributed by atoms with van der Waals surface area (Å²) in [6, 6.07) is 10.9. The monoisotopic (exact) mass is 338 g/mol. The SMILES string of the molecule is O=C1c2ccccc2C(=O)c2c(Nc3nnnc(F)c3F)cccc21. The highest BCUT2D eigenvalue weighted by Gasteiger charge is 2.31. The van der Waals surface area contributed by atoms with Crippen LogP contribution in [0.2, 0.25) is 0 Å². The van der Waals surface area contributed by atoms with Crippen LogP contribution in [-0.2, 0) is 0 Å². The van der Waals surface area contributed by atoms with Gasteiger partial charge in [0, 0.05) is 16.7 Å². The summed E-state index contributed by atoms with van der Waals surface area (Å²) in [5.74, 6) is -3.99. The van der Waals surface area contributed by atoms with Crippen LogP contribution in [-0.4, -0.2) is 27.0 Å². The van der Waals surface area contributed by atoms with E-state index < -0.39 is 23.4 Å². The topological polar surface area (TPSA) is 84.8 Å². The molecule has 3 aromatic rings. The number of fused-ring (bicyclic) bond motifs is 2. The van der Waals surface area contributed by atoms with Crippen LogP contribution in [0, 0.1) is 11.8 Å². The van der Waals surface area contributed by atoms with Gasteiger partial charge < -0.3 is 5.32 Å². The first-order chi connectivity index (χ1) is 12.1. The first-order valence-electron chi connectivity index (χ1n) is 7.20. The molecule has 1 heterocycles. The molecule has 0 unspecified atom stereocenters. The lowest BCUT2D eigenvalue weighted by Gasteiger charge is -2.20. The van der Waals surface area contributed by atoms with Gasteiger partial charge in [-0.25, -0.2) is 0 Å². The van der Waals surface area contributed by atoms with Gasteiger partial charge >= 0.3 is 0 Å². The Bertz CT molecular complexity index is 1050. The van der Waals surface area contributed by atoms with Crippen molar-refractivity contribution in [2.75, 3.05) is 5.32 Å². The van der Waals surface area contributed by atoms with Crippen LogP contribution in [0.15, 0.2) is 42.5 Å². The molecule has 1 aromatic heterocycles. The average molecular weight is 338 g/mol. The van der Waals surface area contributed by atoms with Gasteiger partial charge in [0.1, 0.15) is 0 Å². The Morgan fingerprint density at radius 2 is 1.48 bits per heavy atom. The molecule has 0 fully saturated rings. The molecule has 0 saturated heterocycles. The van der Waals surface area contributed by atoms with Crippen molar-refractivity contribution in [2.24, 2.45) is 0 Å². The molecule has 1 N–H and O–H groups in total. The summed E-state index contributed by atoms with van der Waals surface area (Å²) < 4.78 is 27.0. The van der Waals surface area contributed by atoms with Crippen molar-refractivity contribution in [2.45, 2.75) is 0 Å². The number of ketones is 2. The van der Waals surface area contributed by atoms with E-state index in [0.717, 1.165) is 0 Å². The van der Waals surface area contributed by atoms with Crippen molar-refractivity contribution >= 4 is 23.1 Å². The maximum atomic E-state index is 13.8. The first-order valence-corrected chi connectivity index (χ1v) is 7.20. The first kappa shape index (κ1) is 15.0. The van der Waals surface area contributed by atoms with Crippen molar-refractivity contribution in [1.29, 1.82) is 0 Å². The molecule has 0 amide bonds. The standard InChI is InChI=1S/C17H8F2N4O2/c18-13-16(19)21-23-22-17(13)20-11-7-3-6-10-12(11)15(25)9-5-2-1-4-8(9)14(10)24/h1-7H,(H,20,21,22). The molecular formula is C17H8F2N4O2. The van der Waals surface area contributed by atoms with Crippen LogP contribution in [0.4, 0.5) is 20.3 Å². The number of halogens is 2. The Kier molecular flexibility index (Phi) is 3.31. The number of nitrogens with one attached hydrogen (secondary N) is 1. The van der Waals surface area contributed by atoms with E-state index in [2.05, 4.69) is 20.7 Å². The predicted molar refractivity (Wildman–Crippen MR) is 82.8 cm³/mol. The molecule has 0 spiro atoms. The van der Waals surface area contributed by atoms with Crippen molar-refractivity contribution in [1.82, 2.24) is 15.4 Å². The van der Waals surface area contributed by atoms with Gasteiger partial charge in [0.05, 0.1) is 11.3 Å². The van der Waals surface area contributed by atoms with E-state index in [1.54, 1.807) is 24.3 Å². The van der Waals surface area contributed by atoms with Gasteiger partial charge in [-0.15, -0.1) is 5.10 Å². The third-order valence-electron chi connectivity index (χ3n) is 3.87. The number of anilines is 2. The number of hydrogen-bond acceptors (Lipinski definition) is 6. The summed E-state index contributed by atoms with van der Waals surface area (Å²) in [6.45, 7) is 0. The average Bonchev–Trinajstić information content (AvgIpc) is 2.63. The van der Waals surface area contributed by atoms with Gasteiger partial charge in [-0.3, -0.25) is 9.59 Å². The lowest BCUT2D eigenvalue weighted by molar-refractivity contribution is 0.0979. The lowest BCUT2D eigenvalue weighted by atomic mass is 9.83. The van der Waals surface area contributed by atoms with Crippen LogP contribution in [0.1, 0.15) is 31.8 Å². The Morgan fingerprint density at radius 1 is 0.800 bits per heavy atom. The second kappa shape index (κ2) is 5.52. The summed E-state index contributed by atoms with van der Waals surface area (Å²) in [6.07, 6.45) is 0. The molecule has 0 aliphatic heterocycles. The van der Waals surface area contributed by atoms with Crippen LogP contribution in [0.3, 0.4) is 0 Å². The van der Waals surface area contributed by atoms with Crippen molar-refractivity contribution in [3.63, 3.8) is 0 Å². The van der Waals surface area contributed by atoms with Crippen LogP contribution in [0.25, 0.3) is 0 Å². The molecule has 2 aromatic carbocycles. The molecule has 1 aliphatic carbocycles. The Labute approximate surface area is 139 Å². The molecule has 0 bridgehead atoms. The lowest BCUT2D eigenvalue weighted by Crippen LogP contribution is -2.22. The molecule has 122 valence electrons. The van der Waals surface area contributed by atoms with E-state index in [-0.39, 0.29) is 28.2 Å². The predicted octanol–water partition coefficient (Wildman–Crippen LogP) is 2.67. The number of nitrogens with zero attached hydrogens (tertiary/aromatic N) is 3.